The van der Waals surface area contributed by atoms with Crippen molar-refractivity contribution in [3.8, 4) is 0 Å². The van der Waals surface area contributed by atoms with Crippen molar-refractivity contribution in [2.45, 2.75) is 18.6 Å². The highest BCUT2D eigenvalue weighted by molar-refractivity contribution is 9.10. The molecule has 0 fully saturated rings. The van der Waals surface area contributed by atoms with Crippen LogP contribution in [0.3, 0.4) is 0 Å². The number of hydrogen-bond acceptors (Lipinski definition) is 3. The molecule has 0 saturated carbocycles. The van der Waals surface area contributed by atoms with Crippen LogP contribution in [-0.4, -0.2) is 39.4 Å². The molecule has 0 bridgehead atoms. The number of carbonyl (C=O) groups excluding carboxylic acids is 1. The van der Waals surface area contributed by atoms with Gasteiger partial charge in [0, 0.05) is 39.0 Å². The maximum absolute atomic E-state index is 11.7. The topological polar surface area (TPSA) is 95.5 Å². The third kappa shape index (κ3) is 6.26. The van der Waals surface area contributed by atoms with E-state index in [2.05, 4.69) is 26.6 Å². The number of carboxylic acid groups (broad SMARTS) is 1. The largest absolute Gasteiger partial charge is 0.478 e. The van der Waals surface area contributed by atoms with Gasteiger partial charge in [-0.25, -0.2) is 9.59 Å². The minimum absolute atomic E-state index is 0.00906. The Morgan fingerprint density at radius 1 is 1.38 bits per heavy atom. The Kier molecular flexibility index (Phi) is 6.83. The molecule has 2 atom stereocenters. The molecule has 0 aromatic heterocycles. The van der Waals surface area contributed by atoms with Crippen molar-refractivity contribution in [1.82, 2.24) is 5.32 Å². The SMILES string of the molecule is CC(CCNC(=O)Nc1cc(Br)cc(C(=O)O)c1)S(C)=O. The predicted molar refractivity (Wildman–Crippen MR) is 86.3 cm³/mol. The van der Waals surface area contributed by atoms with Crippen LogP contribution in [0.2, 0.25) is 0 Å². The first kappa shape index (κ1) is 17.6. The maximum Gasteiger partial charge on any atom is 0.335 e. The molecule has 0 spiro atoms. The van der Waals surface area contributed by atoms with E-state index in [-0.39, 0.29) is 10.8 Å². The molecule has 6 nitrogen and oxygen atoms in total. The second-order valence-corrected chi connectivity index (χ2v) is 7.23. The fourth-order valence-electron chi connectivity index (χ4n) is 1.52. The zero-order valence-electron chi connectivity index (χ0n) is 11.7. The second-order valence-electron chi connectivity index (χ2n) is 4.51. The van der Waals surface area contributed by atoms with Crippen molar-refractivity contribution in [3.05, 3.63) is 28.2 Å². The first-order valence-electron chi connectivity index (χ1n) is 6.20. The number of nitrogens with one attached hydrogen (secondary N) is 2. The summed E-state index contributed by atoms with van der Waals surface area (Å²) in [7, 11) is -0.918. The Morgan fingerprint density at radius 2 is 2.05 bits per heavy atom. The molecule has 21 heavy (non-hydrogen) atoms. The van der Waals surface area contributed by atoms with Gasteiger partial charge >= 0.3 is 12.0 Å². The minimum Gasteiger partial charge on any atom is -0.478 e. The van der Waals surface area contributed by atoms with Crippen molar-refractivity contribution in [2.75, 3.05) is 18.1 Å². The summed E-state index contributed by atoms with van der Waals surface area (Å²) in [5.41, 5.74) is 0.459. The standard InChI is InChI=1S/C13H17BrN2O4S/c1-8(21(2)20)3-4-15-13(19)16-11-6-9(12(17)18)5-10(14)7-11/h5-8H,3-4H2,1-2H3,(H,17,18)(H2,15,16,19). The van der Waals surface area contributed by atoms with Gasteiger partial charge in [0.15, 0.2) is 0 Å². The second kappa shape index (κ2) is 8.14. The summed E-state index contributed by atoms with van der Waals surface area (Å²) >= 11 is 3.19. The molecule has 2 unspecified atom stereocenters. The average molecular weight is 377 g/mol. The van der Waals surface area contributed by atoms with Crippen molar-refractivity contribution in [3.63, 3.8) is 0 Å². The third-order valence-electron chi connectivity index (χ3n) is 2.81. The highest BCUT2D eigenvalue weighted by Crippen LogP contribution is 2.19. The lowest BCUT2D eigenvalue weighted by Crippen LogP contribution is -2.31. The molecule has 1 rings (SSSR count). The summed E-state index contributed by atoms with van der Waals surface area (Å²) in [4.78, 5) is 22.6. The summed E-state index contributed by atoms with van der Waals surface area (Å²) in [5.74, 6) is -1.07. The van der Waals surface area contributed by atoms with Crippen molar-refractivity contribution in [1.29, 1.82) is 0 Å². The molecule has 0 radical (unpaired) electrons. The number of carbonyl (C=O) groups is 2. The molecular formula is C13H17BrN2O4S. The van der Waals surface area contributed by atoms with Gasteiger partial charge in [-0.1, -0.05) is 22.9 Å². The van der Waals surface area contributed by atoms with Crippen LogP contribution in [-0.2, 0) is 10.8 Å². The normalized spacial score (nSPS) is 13.3. The van der Waals surface area contributed by atoms with Crippen molar-refractivity contribution < 1.29 is 18.9 Å². The van der Waals surface area contributed by atoms with Crippen LogP contribution < -0.4 is 10.6 Å². The Balaban J connectivity index is 2.55. The zero-order valence-corrected chi connectivity index (χ0v) is 14.1. The fraction of sp³-hybridized carbons (Fsp3) is 0.385. The first-order valence-corrected chi connectivity index (χ1v) is 8.62. The molecule has 0 heterocycles. The van der Waals surface area contributed by atoms with E-state index in [1.54, 1.807) is 12.3 Å². The van der Waals surface area contributed by atoms with E-state index in [1.165, 1.54) is 12.1 Å². The molecule has 0 aliphatic carbocycles. The molecular weight excluding hydrogens is 360 g/mol. The van der Waals surface area contributed by atoms with E-state index in [4.69, 9.17) is 5.11 Å². The van der Waals surface area contributed by atoms with Crippen LogP contribution in [0.15, 0.2) is 22.7 Å². The Morgan fingerprint density at radius 3 is 2.62 bits per heavy atom. The summed E-state index contributed by atoms with van der Waals surface area (Å²) < 4.78 is 11.7. The van der Waals surface area contributed by atoms with Gasteiger partial charge in [0.1, 0.15) is 0 Å². The zero-order chi connectivity index (χ0) is 16.0. The lowest BCUT2D eigenvalue weighted by atomic mass is 10.2. The van der Waals surface area contributed by atoms with E-state index in [9.17, 15) is 13.8 Å². The number of anilines is 1. The minimum atomic E-state index is -1.07. The van der Waals surface area contributed by atoms with Gasteiger partial charge in [-0.2, -0.15) is 0 Å². The van der Waals surface area contributed by atoms with E-state index >= 15 is 0 Å². The number of urea groups is 1. The number of carboxylic acids is 1. The van der Waals surface area contributed by atoms with Gasteiger partial charge in [0.25, 0.3) is 0 Å². The van der Waals surface area contributed by atoms with Gasteiger partial charge in [0.05, 0.1) is 5.56 Å². The lowest BCUT2D eigenvalue weighted by molar-refractivity contribution is 0.0697. The highest BCUT2D eigenvalue weighted by Gasteiger charge is 2.09. The van der Waals surface area contributed by atoms with Gasteiger partial charge in [-0.3, -0.25) is 4.21 Å². The van der Waals surface area contributed by atoms with Crippen LogP contribution in [0.1, 0.15) is 23.7 Å². The summed E-state index contributed by atoms with van der Waals surface area (Å²) in [6.45, 7) is 2.25. The van der Waals surface area contributed by atoms with Gasteiger partial charge in [0.2, 0.25) is 0 Å². The number of amides is 2. The first-order chi connectivity index (χ1) is 9.79. The lowest BCUT2D eigenvalue weighted by Gasteiger charge is -2.11. The molecule has 1 aromatic carbocycles. The molecule has 3 N–H and O–H groups in total. The Bertz CT molecular complexity index is 565. The number of aromatic carboxylic acids is 1. The van der Waals surface area contributed by atoms with Gasteiger partial charge < -0.3 is 15.7 Å². The summed E-state index contributed by atoms with van der Waals surface area (Å²) in [6, 6.07) is 3.99. The predicted octanol–water partition coefficient (Wildman–Crippen LogP) is 2.43. The quantitative estimate of drug-likeness (QED) is 0.710. The number of rotatable bonds is 6. The van der Waals surface area contributed by atoms with E-state index in [0.29, 0.717) is 23.1 Å². The van der Waals surface area contributed by atoms with Crippen molar-refractivity contribution in [2.24, 2.45) is 0 Å². The summed E-state index contributed by atoms with van der Waals surface area (Å²) in [5, 5.41) is 14.2. The van der Waals surface area contributed by atoms with Crippen LogP contribution in [0.25, 0.3) is 0 Å². The smallest absolute Gasteiger partial charge is 0.335 e. The van der Waals surface area contributed by atoms with Crippen molar-refractivity contribution >= 4 is 44.4 Å². The molecule has 0 saturated heterocycles. The molecule has 0 aliphatic rings. The number of hydrogen-bond donors (Lipinski definition) is 3. The molecule has 1 aromatic rings. The van der Waals surface area contributed by atoms with E-state index in [0.717, 1.165) is 0 Å². The van der Waals surface area contributed by atoms with Crippen LogP contribution >= 0.6 is 15.9 Å². The van der Waals surface area contributed by atoms with E-state index in [1.807, 2.05) is 6.92 Å². The molecule has 0 aliphatic heterocycles. The molecule has 2 amide bonds. The number of halogens is 1. The monoisotopic (exact) mass is 376 g/mol. The summed E-state index contributed by atoms with van der Waals surface area (Å²) in [6.07, 6.45) is 2.23. The Hall–Kier alpha value is -1.41. The Labute approximate surface area is 133 Å². The van der Waals surface area contributed by atoms with E-state index < -0.39 is 22.8 Å². The van der Waals surface area contributed by atoms with Gasteiger partial charge in [-0.05, 0) is 24.6 Å². The molecule has 8 heteroatoms. The van der Waals surface area contributed by atoms with Crippen LogP contribution in [0.4, 0.5) is 10.5 Å². The van der Waals surface area contributed by atoms with Crippen LogP contribution in [0, 0.1) is 0 Å². The van der Waals surface area contributed by atoms with Gasteiger partial charge in [-0.15, -0.1) is 0 Å². The van der Waals surface area contributed by atoms with Crippen LogP contribution in [0.5, 0.6) is 0 Å². The fourth-order valence-corrected chi connectivity index (χ4v) is 2.46. The third-order valence-corrected chi connectivity index (χ3v) is 4.63. The average Bonchev–Trinajstić information content (AvgIpc) is 2.37. The highest BCUT2D eigenvalue weighted by atomic mass is 79.9. The number of benzene rings is 1. The molecule has 116 valence electrons. The maximum atomic E-state index is 11.7.